The molecule has 0 aromatic carbocycles. The summed E-state index contributed by atoms with van der Waals surface area (Å²) in [6, 6.07) is 0. The number of ether oxygens (including phenoxy) is 3. The lowest BCUT2D eigenvalue weighted by molar-refractivity contribution is -0.311. The Hall–Kier alpha value is -2.11. The summed E-state index contributed by atoms with van der Waals surface area (Å²) in [5.74, 6) is -7.21. The zero-order valence-corrected chi connectivity index (χ0v) is 20.2. The maximum Gasteiger partial charge on any atom is 0.348 e. The van der Waals surface area contributed by atoms with E-state index in [1.807, 2.05) is 0 Å². The van der Waals surface area contributed by atoms with E-state index in [-0.39, 0.29) is 25.0 Å². The largest absolute Gasteiger partial charge is 0.459 e. The van der Waals surface area contributed by atoms with Crippen molar-refractivity contribution in [3.8, 4) is 0 Å². The number of ketones is 1. The fraction of sp³-hybridized carbons (Fsp3) is 0.720. The van der Waals surface area contributed by atoms with Crippen molar-refractivity contribution in [1.82, 2.24) is 0 Å². The van der Waals surface area contributed by atoms with Gasteiger partial charge in [-0.15, -0.1) is 0 Å². The van der Waals surface area contributed by atoms with Crippen LogP contribution in [0.25, 0.3) is 0 Å². The number of rotatable bonds is 3. The predicted molar refractivity (Wildman–Crippen MR) is 117 cm³/mol. The molecule has 2 heterocycles. The van der Waals surface area contributed by atoms with Gasteiger partial charge in [-0.25, -0.2) is 9.59 Å². The van der Waals surface area contributed by atoms with Crippen molar-refractivity contribution in [3.05, 3.63) is 23.8 Å². The van der Waals surface area contributed by atoms with Crippen molar-refractivity contribution in [2.24, 2.45) is 28.6 Å². The topological polar surface area (TPSA) is 160 Å². The standard InChI is InChI=1S/C25H32O10/c1-6-22(4,31)21(30)35-16-15-11(3)17(27)25(32)20-23(5)12(10(2)7-13(26)18(23)28)8-14(34-19(16)29)24(15,20)9-33-25/h7,12,14-18,20,27-28,31-32H,3,6,8-9H2,1-2,4-5H3/t12-,14+,15+,16+,17+,18+,20+,22-,23+,24?,25+/m0/s1. The van der Waals surface area contributed by atoms with Crippen molar-refractivity contribution >= 4 is 17.7 Å². The maximum atomic E-state index is 13.2. The number of hydrogen-bond donors (Lipinski definition) is 4. The summed E-state index contributed by atoms with van der Waals surface area (Å²) in [6.45, 7) is 10.0. The van der Waals surface area contributed by atoms with Crippen LogP contribution in [0.5, 0.6) is 0 Å². The van der Waals surface area contributed by atoms with Gasteiger partial charge in [0.1, 0.15) is 18.3 Å². The van der Waals surface area contributed by atoms with E-state index in [2.05, 4.69) is 6.58 Å². The minimum absolute atomic E-state index is 0.0285. The molecule has 10 heteroatoms. The first-order valence-corrected chi connectivity index (χ1v) is 11.9. The molecule has 192 valence electrons. The predicted octanol–water partition coefficient (Wildman–Crippen LogP) is -0.231. The van der Waals surface area contributed by atoms with Gasteiger partial charge in [0.15, 0.2) is 17.2 Å². The molecule has 0 aromatic heterocycles. The van der Waals surface area contributed by atoms with Crippen LogP contribution < -0.4 is 0 Å². The normalized spacial score (nSPS) is 49.9. The third kappa shape index (κ3) is 2.74. The average Bonchev–Trinajstić information content (AvgIpc) is 3.08. The first-order chi connectivity index (χ1) is 16.2. The van der Waals surface area contributed by atoms with Crippen LogP contribution in [-0.2, 0) is 28.6 Å². The van der Waals surface area contributed by atoms with E-state index in [1.165, 1.54) is 13.0 Å². The monoisotopic (exact) mass is 492 g/mol. The van der Waals surface area contributed by atoms with Crippen LogP contribution in [0.2, 0.25) is 0 Å². The molecule has 4 fully saturated rings. The summed E-state index contributed by atoms with van der Waals surface area (Å²) in [4.78, 5) is 38.7. The van der Waals surface area contributed by atoms with E-state index in [0.717, 1.165) is 0 Å². The molecule has 0 amide bonds. The molecule has 0 aromatic rings. The highest BCUT2D eigenvalue weighted by Gasteiger charge is 2.83. The Balaban J connectivity index is 1.70. The molecule has 1 unspecified atom stereocenters. The van der Waals surface area contributed by atoms with E-state index in [1.54, 1.807) is 20.8 Å². The number of fused-ring (bicyclic) bond motifs is 1. The van der Waals surface area contributed by atoms with Crippen molar-refractivity contribution in [2.75, 3.05) is 6.61 Å². The zero-order chi connectivity index (χ0) is 25.9. The Labute approximate surface area is 202 Å². The maximum absolute atomic E-state index is 13.2. The second kappa shape index (κ2) is 7.23. The summed E-state index contributed by atoms with van der Waals surface area (Å²) in [7, 11) is 0. The summed E-state index contributed by atoms with van der Waals surface area (Å²) < 4.78 is 17.2. The van der Waals surface area contributed by atoms with Gasteiger partial charge in [0.05, 0.1) is 12.0 Å². The van der Waals surface area contributed by atoms with Gasteiger partial charge >= 0.3 is 11.9 Å². The highest BCUT2D eigenvalue weighted by Crippen LogP contribution is 2.73. The molecule has 4 N–H and O–H groups in total. The molecule has 2 bridgehead atoms. The Morgan fingerprint density at radius 1 is 1.31 bits per heavy atom. The Morgan fingerprint density at radius 2 is 1.97 bits per heavy atom. The number of aliphatic hydroxyl groups excluding tert-OH is 2. The minimum Gasteiger partial charge on any atom is -0.459 e. The van der Waals surface area contributed by atoms with Gasteiger partial charge in [-0.05, 0) is 44.3 Å². The fourth-order valence-corrected chi connectivity index (χ4v) is 7.69. The molecule has 5 aliphatic rings. The summed E-state index contributed by atoms with van der Waals surface area (Å²) in [6.07, 6.45) is -3.98. The quantitative estimate of drug-likeness (QED) is 0.306. The molecule has 35 heavy (non-hydrogen) atoms. The van der Waals surface area contributed by atoms with Gasteiger partial charge < -0.3 is 34.6 Å². The molecule has 2 saturated carbocycles. The van der Waals surface area contributed by atoms with E-state index >= 15 is 0 Å². The third-order valence-electron chi connectivity index (χ3n) is 9.58. The molecule has 2 aliphatic heterocycles. The highest BCUT2D eigenvalue weighted by atomic mass is 16.7. The number of allylic oxidation sites excluding steroid dienone is 1. The van der Waals surface area contributed by atoms with Crippen molar-refractivity contribution in [3.63, 3.8) is 0 Å². The molecule has 5 rings (SSSR count). The van der Waals surface area contributed by atoms with E-state index in [9.17, 15) is 34.8 Å². The zero-order valence-electron chi connectivity index (χ0n) is 20.2. The Kier molecular flexibility index (Phi) is 5.07. The second-order valence-electron chi connectivity index (χ2n) is 11.3. The lowest BCUT2D eigenvalue weighted by atomic mass is 9.38. The van der Waals surface area contributed by atoms with Crippen molar-refractivity contribution in [1.29, 1.82) is 0 Å². The summed E-state index contributed by atoms with van der Waals surface area (Å²) in [5.41, 5.74) is -3.70. The van der Waals surface area contributed by atoms with Crippen molar-refractivity contribution < 1.29 is 49.0 Å². The molecule has 11 atom stereocenters. The molecule has 2 saturated heterocycles. The lowest BCUT2D eigenvalue weighted by Gasteiger charge is -2.67. The van der Waals surface area contributed by atoms with Crippen LogP contribution in [0.4, 0.5) is 0 Å². The Morgan fingerprint density at radius 3 is 2.60 bits per heavy atom. The van der Waals surface area contributed by atoms with E-state index in [0.29, 0.717) is 5.57 Å². The van der Waals surface area contributed by atoms with Crippen LogP contribution in [0, 0.1) is 28.6 Å². The first kappa shape index (κ1) is 24.6. The molecular weight excluding hydrogens is 460 g/mol. The minimum atomic E-state index is -2.22. The third-order valence-corrected chi connectivity index (χ3v) is 9.58. The van der Waals surface area contributed by atoms with Crippen LogP contribution in [0.15, 0.2) is 23.8 Å². The Bertz CT molecular complexity index is 1060. The average molecular weight is 493 g/mol. The van der Waals surface area contributed by atoms with Gasteiger partial charge in [-0.3, -0.25) is 4.79 Å². The molecule has 1 spiro atoms. The fourth-order valence-electron chi connectivity index (χ4n) is 7.69. The van der Waals surface area contributed by atoms with Crippen LogP contribution in [0.1, 0.15) is 40.5 Å². The number of hydrogen-bond acceptors (Lipinski definition) is 10. The number of carbonyl (C=O) groups excluding carboxylic acids is 3. The van der Waals surface area contributed by atoms with Gasteiger partial charge in [-0.2, -0.15) is 0 Å². The van der Waals surface area contributed by atoms with Gasteiger partial charge in [-0.1, -0.05) is 26.0 Å². The molecular formula is C25H32O10. The molecule has 0 radical (unpaired) electrons. The number of carbonyl (C=O) groups is 3. The van der Waals surface area contributed by atoms with Gasteiger partial charge in [0.2, 0.25) is 6.10 Å². The highest BCUT2D eigenvalue weighted by molar-refractivity contribution is 5.96. The van der Waals surface area contributed by atoms with Crippen LogP contribution >= 0.6 is 0 Å². The molecule has 10 nitrogen and oxygen atoms in total. The summed E-state index contributed by atoms with van der Waals surface area (Å²) in [5, 5.41) is 44.6. The second-order valence-corrected chi connectivity index (χ2v) is 11.3. The van der Waals surface area contributed by atoms with Crippen LogP contribution in [0.3, 0.4) is 0 Å². The summed E-state index contributed by atoms with van der Waals surface area (Å²) >= 11 is 0. The number of aliphatic hydroxyl groups is 4. The SMILES string of the molecule is C=C1[C@@H]2[C@@H](OC(=O)[C@@](C)(O)CC)C(=O)O[C@@H]3C[C@H]4C(C)=CC(=O)[C@@H](O)[C@]4(C)[C@@H]4C23CO[C@]4(O)[C@@H]1O. The smallest absolute Gasteiger partial charge is 0.348 e. The first-order valence-electron chi connectivity index (χ1n) is 11.9. The van der Waals surface area contributed by atoms with Crippen LogP contribution in [-0.4, -0.2) is 80.6 Å². The van der Waals surface area contributed by atoms with E-state index in [4.69, 9.17) is 14.2 Å². The van der Waals surface area contributed by atoms with Gasteiger partial charge in [0.25, 0.3) is 0 Å². The number of esters is 2. The van der Waals surface area contributed by atoms with Gasteiger partial charge in [0, 0.05) is 17.3 Å². The van der Waals surface area contributed by atoms with Crippen molar-refractivity contribution in [2.45, 2.75) is 76.3 Å². The lowest BCUT2D eigenvalue weighted by Crippen LogP contribution is -2.76. The van der Waals surface area contributed by atoms with E-state index < -0.39 is 82.1 Å². The molecule has 3 aliphatic carbocycles.